The van der Waals surface area contributed by atoms with E-state index in [1.807, 2.05) is 6.08 Å². The number of unbranched alkanes of at least 4 members (excludes halogenated alkanes) is 2. The smallest absolute Gasteiger partial charge is 0.0993 e. The molecule has 0 saturated carbocycles. The molecule has 21 heavy (non-hydrogen) atoms. The van der Waals surface area contributed by atoms with E-state index < -0.39 is 0 Å². The molecular formula is C19H27NO. The molecule has 3 rings (SSSR count). The minimum atomic E-state index is 0.298. The van der Waals surface area contributed by atoms with Crippen LogP contribution in [0.2, 0.25) is 0 Å². The summed E-state index contributed by atoms with van der Waals surface area (Å²) in [7, 11) is 0. The Morgan fingerprint density at radius 3 is 2.76 bits per heavy atom. The van der Waals surface area contributed by atoms with Crippen LogP contribution >= 0.6 is 0 Å². The minimum absolute atomic E-state index is 0.298. The fraction of sp³-hybridized carbons (Fsp3) is 0.579. The number of ether oxygens (including phenoxy) is 1. The lowest BCUT2D eigenvalue weighted by molar-refractivity contribution is 0.0425. The average molecular weight is 285 g/mol. The van der Waals surface area contributed by atoms with Gasteiger partial charge >= 0.3 is 0 Å². The molecule has 1 aromatic carbocycles. The van der Waals surface area contributed by atoms with Crippen molar-refractivity contribution in [2.45, 2.75) is 57.3 Å². The van der Waals surface area contributed by atoms with Gasteiger partial charge in [-0.15, -0.1) is 6.58 Å². The normalized spacial score (nSPS) is 26.3. The number of fused-ring (bicyclic) bond motifs is 5. The van der Waals surface area contributed by atoms with Gasteiger partial charge in [-0.25, -0.2) is 0 Å². The van der Waals surface area contributed by atoms with Crippen LogP contribution in [0.15, 0.2) is 36.9 Å². The lowest BCUT2D eigenvalue weighted by atomic mass is 9.87. The van der Waals surface area contributed by atoms with Gasteiger partial charge in [-0.05, 0) is 49.9 Å². The van der Waals surface area contributed by atoms with Crippen LogP contribution in [0.5, 0.6) is 0 Å². The molecule has 3 atom stereocenters. The van der Waals surface area contributed by atoms with E-state index in [1.165, 1.54) is 49.9 Å². The molecule has 2 aliphatic rings. The van der Waals surface area contributed by atoms with Crippen LogP contribution in [0.25, 0.3) is 0 Å². The Morgan fingerprint density at radius 2 is 2.00 bits per heavy atom. The molecule has 114 valence electrons. The van der Waals surface area contributed by atoms with Gasteiger partial charge in [0.2, 0.25) is 0 Å². The van der Waals surface area contributed by atoms with Crippen molar-refractivity contribution in [3.8, 4) is 0 Å². The first-order valence-electron chi connectivity index (χ1n) is 8.44. The van der Waals surface area contributed by atoms with Gasteiger partial charge in [0.05, 0.1) is 12.2 Å². The predicted octanol–water partition coefficient (Wildman–Crippen LogP) is 4.64. The van der Waals surface area contributed by atoms with E-state index in [0.717, 1.165) is 6.42 Å². The maximum atomic E-state index is 6.26. The van der Waals surface area contributed by atoms with E-state index in [2.05, 4.69) is 42.7 Å². The molecule has 2 heteroatoms. The molecule has 1 aromatic rings. The quantitative estimate of drug-likeness (QED) is 0.509. The summed E-state index contributed by atoms with van der Waals surface area (Å²) >= 11 is 0. The monoisotopic (exact) mass is 285 g/mol. The summed E-state index contributed by atoms with van der Waals surface area (Å²) in [5.74, 6) is 0. The average Bonchev–Trinajstić information content (AvgIpc) is 3.10. The van der Waals surface area contributed by atoms with E-state index in [-0.39, 0.29) is 0 Å². The molecule has 0 aromatic heterocycles. The Bertz CT molecular complexity index is 484. The van der Waals surface area contributed by atoms with E-state index in [1.54, 1.807) is 0 Å². The van der Waals surface area contributed by atoms with E-state index >= 15 is 0 Å². The highest BCUT2D eigenvalue weighted by Gasteiger charge is 2.46. The summed E-state index contributed by atoms with van der Waals surface area (Å²) < 4.78 is 6.26. The van der Waals surface area contributed by atoms with Crippen LogP contribution in [-0.4, -0.2) is 24.0 Å². The van der Waals surface area contributed by atoms with Crippen molar-refractivity contribution in [1.82, 2.24) is 4.90 Å². The maximum Gasteiger partial charge on any atom is 0.0993 e. The first kappa shape index (κ1) is 14.8. The van der Waals surface area contributed by atoms with Crippen molar-refractivity contribution >= 4 is 0 Å². The third kappa shape index (κ3) is 2.93. The van der Waals surface area contributed by atoms with Gasteiger partial charge in [0.15, 0.2) is 0 Å². The first-order chi connectivity index (χ1) is 10.3. The van der Waals surface area contributed by atoms with Crippen molar-refractivity contribution in [3.05, 3.63) is 48.0 Å². The van der Waals surface area contributed by atoms with Crippen LogP contribution in [0.1, 0.15) is 62.4 Å². The second-order valence-corrected chi connectivity index (χ2v) is 6.30. The SMILES string of the molecule is C=CCCCN(CCCC)C1CC2OC1c1ccccc12. The van der Waals surface area contributed by atoms with E-state index in [4.69, 9.17) is 4.74 Å². The third-order valence-electron chi connectivity index (χ3n) is 4.89. The van der Waals surface area contributed by atoms with Crippen molar-refractivity contribution in [1.29, 1.82) is 0 Å². The number of hydrogen-bond donors (Lipinski definition) is 0. The summed E-state index contributed by atoms with van der Waals surface area (Å²) in [5, 5.41) is 0. The third-order valence-corrected chi connectivity index (χ3v) is 4.89. The minimum Gasteiger partial charge on any atom is -0.364 e. The Balaban J connectivity index is 1.71. The van der Waals surface area contributed by atoms with Crippen LogP contribution < -0.4 is 0 Å². The van der Waals surface area contributed by atoms with E-state index in [9.17, 15) is 0 Å². The van der Waals surface area contributed by atoms with Gasteiger partial charge in [0.1, 0.15) is 0 Å². The molecular weight excluding hydrogens is 258 g/mol. The number of hydrogen-bond acceptors (Lipinski definition) is 2. The van der Waals surface area contributed by atoms with Gasteiger partial charge in [0.25, 0.3) is 0 Å². The lowest BCUT2D eigenvalue weighted by Crippen LogP contribution is -2.39. The van der Waals surface area contributed by atoms with Gasteiger partial charge in [-0.3, -0.25) is 4.90 Å². The van der Waals surface area contributed by atoms with Crippen molar-refractivity contribution in [2.24, 2.45) is 0 Å². The van der Waals surface area contributed by atoms with Gasteiger partial charge in [-0.1, -0.05) is 43.7 Å². The van der Waals surface area contributed by atoms with Gasteiger partial charge in [0, 0.05) is 6.04 Å². The summed E-state index contributed by atoms with van der Waals surface area (Å²) in [5.41, 5.74) is 2.87. The van der Waals surface area contributed by atoms with Crippen molar-refractivity contribution < 1.29 is 4.74 Å². The number of benzene rings is 1. The maximum absolute atomic E-state index is 6.26. The highest BCUT2D eigenvalue weighted by molar-refractivity contribution is 5.38. The fourth-order valence-electron chi connectivity index (χ4n) is 3.79. The molecule has 2 heterocycles. The largest absolute Gasteiger partial charge is 0.364 e. The molecule has 0 radical (unpaired) electrons. The standard InChI is InChI=1S/C19H27NO/c1-3-5-9-13-20(12-6-4-2)17-14-18-15-10-7-8-11-16(15)19(17)21-18/h3,7-8,10-11,17-19H,1,4-6,9,12-14H2,2H3. The Hall–Kier alpha value is -1.12. The molecule has 0 amide bonds. The highest BCUT2D eigenvalue weighted by Crippen LogP contribution is 2.52. The van der Waals surface area contributed by atoms with E-state index in [0.29, 0.717) is 18.2 Å². The molecule has 0 spiro atoms. The molecule has 0 aliphatic carbocycles. The van der Waals surface area contributed by atoms with Gasteiger partial charge in [-0.2, -0.15) is 0 Å². The molecule has 1 saturated heterocycles. The Labute approximate surface area is 128 Å². The Kier molecular flexibility index (Phi) is 4.77. The first-order valence-corrected chi connectivity index (χ1v) is 8.44. The summed E-state index contributed by atoms with van der Waals surface area (Å²) in [6, 6.07) is 9.35. The zero-order valence-corrected chi connectivity index (χ0v) is 13.1. The zero-order valence-electron chi connectivity index (χ0n) is 13.1. The fourth-order valence-corrected chi connectivity index (χ4v) is 3.79. The van der Waals surface area contributed by atoms with Gasteiger partial charge < -0.3 is 4.74 Å². The molecule has 3 unspecified atom stereocenters. The summed E-state index contributed by atoms with van der Waals surface area (Å²) in [6.45, 7) is 8.49. The Morgan fingerprint density at radius 1 is 1.24 bits per heavy atom. The second-order valence-electron chi connectivity index (χ2n) is 6.30. The summed E-state index contributed by atoms with van der Waals surface area (Å²) in [4.78, 5) is 2.67. The molecule has 0 N–H and O–H groups in total. The second kappa shape index (κ2) is 6.76. The predicted molar refractivity (Wildman–Crippen MR) is 87.3 cm³/mol. The van der Waals surface area contributed by atoms with Crippen molar-refractivity contribution in [3.63, 3.8) is 0 Å². The summed E-state index contributed by atoms with van der Waals surface area (Å²) in [6.07, 6.45) is 8.69. The molecule has 2 bridgehead atoms. The van der Waals surface area contributed by atoms with Crippen LogP contribution in [0.4, 0.5) is 0 Å². The molecule has 1 fully saturated rings. The lowest BCUT2D eigenvalue weighted by Gasteiger charge is -2.33. The highest BCUT2D eigenvalue weighted by atomic mass is 16.5. The number of nitrogens with zero attached hydrogens (tertiary/aromatic N) is 1. The van der Waals surface area contributed by atoms with Crippen molar-refractivity contribution in [2.75, 3.05) is 13.1 Å². The topological polar surface area (TPSA) is 12.5 Å². The number of rotatable bonds is 8. The molecule has 2 nitrogen and oxygen atoms in total. The zero-order chi connectivity index (χ0) is 14.7. The van der Waals surface area contributed by atoms with Crippen LogP contribution in [0, 0.1) is 0 Å². The van der Waals surface area contributed by atoms with Crippen LogP contribution in [0.3, 0.4) is 0 Å². The van der Waals surface area contributed by atoms with Crippen LogP contribution in [-0.2, 0) is 4.74 Å². The number of allylic oxidation sites excluding steroid dienone is 1. The molecule has 2 aliphatic heterocycles.